The first-order valence-corrected chi connectivity index (χ1v) is 7.01. The lowest BCUT2D eigenvalue weighted by Crippen LogP contribution is -2.15. The van der Waals surface area contributed by atoms with E-state index < -0.39 is 24.3 Å². The molecule has 3 N–H and O–H groups in total. The highest BCUT2D eigenvalue weighted by Crippen LogP contribution is 2.13. The number of hydrazone groups is 1. The molecule has 0 aliphatic rings. The van der Waals surface area contributed by atoms with E-state index in [9.17, 15) is 19.5 Å². The summed E-state index contributed by atoms with van der Waals surface area (Å²) >= 11 is 0. The number of aliphatic carboxylic acids is 1. The summed E-state index contributed by atoms with van der Waals surface area (Å²) in [4.78, 5) is 33.3. The number of hydrogen-bond acceptors (Lipinski definition) is 7. The molecule has 1 aromatic carbocycles. The Morgan fingerprint density at radius 1 is 1.29 bits per heavy atom. The molecule has 0 aromatic heterocycles. The molecule has 1 atom stereocenters. The number of phenols is 1. The molecule has 0 fully saturated rings. The van der Waals surface area contributed by atoms with Crippen molar-refractivity contribution in [2.24, 2.45) is 11.0 Å². The van der Waals surface area contributed by atoms with E-state index in [2.05, 4.69) is 10.5 Å². The number of esters is 1. The van der Waals surface area contributed by atoms with Crippen molar-refractivity contribution in [3.8, 4) is 5.75 Å². The number of hydrogen-bond donors (Lipinski definition) is 3. The maximum Gasteiger partial charge on any atom is 0.320 e. The number of benzene rings is 1. The molecule has 0 radical (unpaired) electrons. The van der Waals surface area contributed by atoms with Crippen molar-refractivity contribution in [3.63, 3.8) is 0 Å². The zero-order valence-corrected chi connectivity index (χ0v) is 13.2. The minimum absolute atomic E-state index is 0.0767. The first-order chi connectivity index (χ1) is 11.3. The summed E-state index contributed by atoms with van der Waals surface area (Å²) in [6.45, 7) is 2.69. The van der Waals surface area contributed by atoms with Crippen LogP contribution in [-0.4, -0.2) is 33.8 Å². The molecule has 1 aromatic rings. The SMILES string of the molecule is CC(=O)CC(=O)OC(C=CC(C)C(=O)O)=NNc1ccc(O)cc1. The van der Waals surface area contributed by atoms with Gasteiger partial charge in [0.05, 0.1) is 11.6 Å². The summed E-state index contributed by atoms with van der Waals surface area (Å²) < 4.78 is 4.94. The van der Waals surface area contributed by atoms with Gasteiger partial charge in [-0.05, 0) is 44.2 Å². The van der Waals surface area contributed by atoms with Crippen molar-refractivity contribution in [1.82, 2.24) is 0 Å². The monoisotopic (exact) mass is 334 g/mol. The quantitative estimate of drug-likeness (QED) is 0.174. The molecule has 128 valence electrons. The van der Waals surface area contributed by atoms with E-state index in [0.717, 1.165) is 0 Å². The summed E-state index contributed by atoms with van der Waals surface area (Å²) in [5, 5.41) is 21.9. The number of carbonyl (C=O) groups is 3. The second kappa shape index (κ2) is 9.09. The van der Waals surface area contributed by atoms with Gasteiger partial charge in [-0.2, -0.15) is 0 Å². The predicted molar refractivity (Wildman–Crippen MR) is 86.5 cm³/mol. The Labute approximate surface area is 138 Å². The van der Waals surface area contributed by atoms with Crippen LogP contribution in [-0.2, 0) is 19.1 Å². The Morgan fingerprint density at radius 2 is 1.92 bits per heavy atom. The van der Waals surface area contributed by atoms with Gasteiger partial charge in [-0.3, -0.25) is 19.8 Å². The van der Waals surface area contributed by atoms with Crippen LogP contribution >= 0.6 is 0 Å². The number of carboxylic acids is 1. The lowest BCUT2D eigenvalue weighted by molar-refractivity contribution is -0.140. The first-order valence-electron chi connectivity index (χ1n) is 7.01. The molecule has 0 spiro atoms. The molecule has 0 aliphatic carbocycles. The average Bonchev–Trinajstić information content (AvgIpc) is 2.50. The van der Waals surface area contributed by atoms with Crippen molar-refractivity contribution in [3.05, 3.63) is 36.4 Å². The molecule has 0 aliphatic heterocycles. The lowest BCUT2D eigenvalue weighted by atomic mass is 10.2. The summed E-state index contributed by atoms with van der Waals surface area (Å²) in [5.74, 6) is -3.15. The van der Waals surface area contributed by atoms with Gasteiger partial charge in [-0.25, -0.2) is 0 Å². The fraction of sp³-hybridized carbons (Fsp3) is 0.250. The number of nitrogens with one attached hydrogen (secondary N) is 1. The third-order valence-corrected chi connectivity index (χ3v) is 2.69. The number of nitrogens with zero attached hydrogens (tertiary/aromatic N) is 1. The number of ether oxygens (including phenoxy) is 1. The van der Waals surface area contributed by atoms with Gasteiger partial charge in [0.15, 0.2) is 0 Å². The molecule has 8 heteroatoms. The van der Waals surface area contributed by atoms with Crippen LogP contribution in [0.25, 0.3) is 0 Å². The smallest absolute Gasteiger partial charge is 0.320 e. The Kier molecular flexibility index (Phi) is 7.15. The predicted octanol–water partition coefficient (Wildman–Crippen LogP) is 1.92. The molecule has 0 saturated carbocycles. The van der Waals surface area contributed by atoms with Crippen molar-refractivity contribution in [2.75, 3.05) is 5.43 Å². The molecule has 8 nitrogen and oxygen atoms in total. The molecule has 0 saturated heterocycles. The highest BCUT2D eigenvalue weighted by Gasteiger charge is 2.11. The summed E-state index contributed by atoms with van der Waals surface area (Å²) in [6.07, 6.45) is 2.10. The number of rotatable bonds is 7. The Balaban J connectivity index is 2.87. The number of anilines is 1. The number of carbonyl (C=O) groups excluding carboxylic acids is 2. The van der Waals surface area contributed by atoms with Crippen LogP contribution in [0.2, 0.25) is 0 Å². The Morgan fingerprint density at radius 3 is 2.46 bits per heavy atom. The number of ketones is 1. The maximum absolute atomic E-state index is 11.6. The van der Waals surface area contributed by atoms with Gasteiger partial charge in [0.25, 0.3) is 0 Å². The Bertz CT molecular complexity index is 664. The topological polar surface area (TPSA) is 125 Å². The third kappa shape index (κ3) is 7.21. The summed E-state index contributed by atoms with van der Waals surface area (Å²) in [5.41, 5.74) is 3.11. The number of Topliss-reactive ketones (excluding diaryl/α,β-unsaturated/α-hetero) is 1. The summed E-state index contributed by atoms with van der Waals surface area (Å²) in [7, 11) is 0. The number of aromatic hydroxyl groups is 1. The molecule has 24 heavy (non-hydrogen) atoms. The van der Waals surface area contributed by atoms with Gasteiger partial charge in [0.1, 0.15) is 18.0 Å². The molecular weight excluding hydrogens is 316 g/mol. The molecule has 1 unspecified atom stereocenters. The highest BCUT2D eigenvalue weighted by atomic mass is 16.5. The molecule has 0 bridgehead atoms. The van der Waals surface area contributed by atoms with Gasteiger partial charge in [0, 0.05) is 0 Å². The second-order valence-electron chi connectivity index (χ2n) is 4.95. The van der Waals surface area contributed by atoms with Crippen molar-refractivity contribution in [1.29, 1.82) is 0 Å². The standard InChI is InChI=1S/C16H18N2O6/c1-10(16(22)23)3-8-14(24-15(21)9-11(2)19)18-17-12-4-6-13(20)7-5-12/h3-8,10,17,20H,9H2,1-2H3,(H,22,23). The van der Waals surface area contributed by atoms with Crippen LogP contribution in [0.3, 0.4) is 0 Å². The molecular formula is C16H18N2O6. The van der Waals surface area contributed by atoms with Crippen LogP contribution in [0.5, 0.6) is 5.75 Å². The fourth-order valence-electron chi connectivity index (χ4n) is 1.41. The van der Waals surface area contributed by atoms with E-state index in [0.29, 0.717) is 5.69 Å². The van der Waals surface area contributed by atoms with E-state index >= 15 is 0 Å². The summed E-state index contributed by atoms with van der Waals surface area (Å²) in [6, 6.07) is 5.94. The first kappa shape index (κ1) is 18.9. The van der Waals surface area contributed by atoms with Crippen LogP contribution in [0.1, 0.15) is 20.3 Å². The van der Waals surface area contributed by atoms with Crippen molar-refractivity contribution < 1.29 is 29.3 Å². The van der Waals surface area contributed by atoms with Crippen LogP contribution in [0, 0.1) is 5.92 Å². The highest BCUT2D eigenvalue weighted by molar-refractivity contribution is 6.02. The van der Waals surface area contributed by atoms with Gasteiger partial charge in [0.2, 0.25) is 5.90 Å². The maximum atomic E-state index is 11.6. The van der Waals surface area contributed by atoms with Crippen LogP contribution in [0.15, 0.2) is 41.5 Å². The van der Waals surface area contributed by atoms with Gasteiger partial charge in [-0.1, -0.05) is 6.08 Å². The van der Waals surface area contributed by atoms with Crippen molar-refractivity contribution in [2.45, 2.75) is 20.3 Å². The van der Waals surface area contributed by atoms with E-state index in [1.807, 2.05) is 0 Å². The second-order valence-corrected chi connectivity index (χ2v) is 4.95. The van der Waals surface area contributed by atoms with Gasteiger partial charge < -0.3 is 14.9 Å². The van der Waals surface area contributed by atoms with Crippen LogP contribution < -0.4 is 5.43 Å². The number of carboxylic acid groups (broad SMARTS) is 1. The van der Waals surface area contributed by atoms with Crippen molar-refractivity contribution >= 4 is 29.3 Å². The van der Waals surface area contributed by atoms with Gasteiger partial charge >= 0.3 is 11.9 Å². The van der Waals surface area contributed by atoms with E-state index in [4.69, 9.17) is 9.84 Å². The van der Waals surface area contributed by atoms with Crippen LogP contribution in [0.4, 0.5) is 5.69 Å². The van der Waals surface area contributed by atoms with E-state index in [1.54, 1.807) is 0 Å². The number of phenolic OH excluding ortho intramolecular Hbond substituents is 1. The molecule has 0 amide bonds. The lowest BCUT2D eigenvalue weighted by Gasteiger charge is -2.06. The molecule has 1 rings (SSSR count). The zero-order valence-electron chi connectivity index (χ0n) is 13.2. The van der Waals surface area contributed by atoms with E-state index in [-0.39, 0.29) is 17.4 Å². The van der Waals surface area contributed by atoms with E-state index in [1.165, 1.54) is 50.3 Å². The minimum Gasteiger partial charge on any atom is -0.508 e. The minimum atomic E-state index is -1.05. The normalized spacial score (nSPS) is 12.7. The largest absolute Gasteiger partial charge is 0.508 e. The van der Waals surface area contributed by atoms with Gasteiger partial charge in [-0.15, -0.1) is 5.10 Å². The fourth-order valence-corrected chi connectivity index (χ4v) is 1.41. The Hall–Kier alpha value is -3.16. The third-order valence-electron chi connectivity index (χ3n) is 2.69. The zero-order chi connectivity index (χ0) is 18.1. The average molecular weight is 334 g/mol. The molecule has 0 heterocycles.